The molecule has 0 heterocycles. The van der Waals surface area contributed by atoms with E-state index >= 15 is 0 Å². The zero-order valence-electron chi connectivity index (χ0n) is 9.29. The summed E-state index contributed by atoms with van der Waals surface area (Å²) in [4.78, 5) is 34.1. The van der Waals surface area contributed by atoms with E-state index in [1.54, 1.807) is 27.7 Å². The van der Waals surface area contributed by atoms with Gasteiger partial charge < -0.3 is 0 Å². The van der Waals surface area contributed by atoms with Gasteiger partial charge in [0.1, 0.15) is 11.6 Å². The van der Waals surface area contributed by atoms with Crippen LogP contribution in [0.1, 0.15) is 40.5 Å². The minimum absolute atomic E-state index is 0.0919. The summed E-state index contributed by atoms with van der Waals surface area (Å²) in [6, 6.07) is 0. The molecule has 2 unspecified atom stereocenters. The van der Waals surface area contributed by atoms with Crippen LogP contribution in [0.15, 0.2) is 0 Å². The van der Waals surface area contributed by atoms with Gasteiger partial charge in [0.2, 0.25) is 0 Å². The smallest absolute Gasteiger partial charge is 0.153 e. The first-order valence-electron chi connectivity index (χ1n) is 5.04. The highest BCUT2D eigenvalue weighted by Crippen LogP contribution is 2.12. The van der Waals surface area contributed by atoms with E-state index in [1.807, 2.05) is 0 Å². The molecular weight excluding hydrogens is 180 g/mol. The molecule has 0 radical (unpaired) electrons. The normalized spacial score (nSPS) is 14.6. The van der Waals surface area contributed by atoms with Gasteiger partial charge in [-0.05, 0) is 13.8 Å². The van der Waals surface area contributed by atoms with Crippen molar-refractivity contribution in [2.75, 3.05) is 0 Å². The Hall–Kier alpha value is -0.990. The lowest BCUT2D eigenvalue weighted by Gasteiger charge is -2.12. The molecule has 0 aliphatic heterocycles. The van der Waals surface area contributed by atoms with Gasteiger partial charge in [-0.3, -0.25) is 14.4 Å². The first-order valence-corrected chi connectivity index (χ1v) is 5.04. The third kappa shape index (κ3) is 3.05. The molecule has 0 spiro atoms. The molecule has 0 bridgehead atoms. The molecule has 0 rings (SSSR count). The van der Waals surface area contributed by atoms with Crippen molar-refractivity contribution in [3.05, 3.63) is 0 Å². The molecule has 0 saturated carbocycles. The van der Waals surface area contributed by atoms with Crippen LogP contribution < -0.4 is 0 Å². The van der Waals surface area contributed by atoms with E-state index in [0.29, 0.717) is 12.8 Å². The predicted molar refractivity (Wildman–Crippen MR) is 53.9 cm³/mol. The highest BCUT2D eigenvalue weighted by molar-refractivity contribution is 6.10. The fourth-order valence-electron chi connectivity index (χ4n) is 1.30. The summed E-state index contributed by atoms with van der Waals surface area (Å²) in [5.41, 5.74) is 0. The third-order valence-corrected chi connectivity index (χ3v) is 2.52. The van der Waals surface area contributed by atoms with E-state index in [2.05, 4.69) is 0 Å². The number of Topliss-reactive ketones (excluding diaryl/α,β-unsaturated/α-hetero) is 3. The van der Waals surface area contributed by atoms with Gasteiger partial charge in [-0.15, -0.1) is 0 Å². The highest BCUT2D eigenvalue weighted by Gasteiger charge is 2.28. The molecule has 0 aromatic rings. The average molecular weight is 198 g/mol. The summed E-state index contributed by atoms with van der Waals surface area (Å²) in [6.07, 6.45) is 0.694. The molecule has 14 heavy (non-hydrogen) atoms. The second-order valence-corrected chi connectivity index (χ2v) is 3.49. The Kier molecular flexibility index (Phi) is 5.28. The van der Waals surface area contributed by atoms with E-state index < -0.39 is 11.8 Å². The highest BCUT2D eigenvalue weighted by atomic mass is 16.2. The van der Waals surface area contributed by atoms with Gasteiger partial charge in [0, 0.05) is 12.8 Å². The number of hydrogen-bond acceptors (Lipinski definition) is 3. The minimum atomic E-state index is -0.634. The van der Waals surface area contributed by atoms with Gasteiger partial charge in [0.25, 0.3) is 0 Å². The molecule has 3 heteroatoms. The number of carbonyl (C=O) groups excluding carboxylic acids is 3. The molecule has 0 aromatic heterocycles. The maximum absolute atomic E-state index is 11.6. The molecule has 0 aliphatic rings. The van der Waals surface area contributed by atoms with Gasteiger partial charge >= 0.3 is 0 Å². The van der Waals surface area contributed by atoms with Crippen molar-refractivity contribution >= 4 is 17.3 Å². The molecule has 0 N–H and O–H groups in total. The average Bonchev–Trinajstić information content (AvgIpc) is 2.23. The molecule has 2 atom stereocenters. The van der Waals surface area contributed by atoms with Crippen LogP contribution in [0.2, 0.25) is 0 Å². The maximum atomic E-state index is 11.6. The lowest BCUT2D eigenvalue weighted by Crippen LogP contribution is -2.30. The molecule has 80 valence electrons. The second kappa shape index (κ2) is 5.68. The fourth-order valence-corrected chi connectivity index (χ4v) is 1.30. The number of rotatable bonds is 6. The first kappa shape index (κ1) is 13.0. The summed E-state index contributed by atoms with van der Waals surface area (Å²) >= 11 is 0. The SMILES string of the molecule is CCC(=O)C(C)C(=O)C(C)C(=O)CC. The number of carbonyl (C=O) groups is 3. The van der Waals surface area contributed by atoms with Gasteiger partial charge in [-0.2, -0.15) is 0 Å². The zero-order chi connectivity index (χ0) is 11.3. The summed E-state index contributed by atoms with van der Waals surface area (Å²) in [6.45, 7) is 6.60. The van der Waals surface area contributed by atoms with Crippen molar-refractivity contribution in [2.45, 2.75) is 40.5 Å². The van der Waals surface area contributed by atoms with Crippen LogP contribution in [-0.2, 0) is 14.4 Å². The molecule has 0 fully saturated rings. The Labute approximate surface area is 84.9 Å². The number of ketones is 3. The first-order chi connectivity index (χ1) is 6.45. The van der Waals surface area contributed by atoms with Crippen molar-refractivity contribution < 1.29 is 14.4 Å². The Balaban J connectivity index is 4.46. The van der Waals surface area contributed by atoms with Gasteiger partial charge in [0.05, 0.1) is 11.8 Å². The Morgan fingerprint density at radius 3 is 1.36 bits per heavy atom. The molecule has 0 aromatic carbocycles. The maximum Gasteiger partial charge on any atom is 0.153 e. The van der Waals surface area contributed by atoms with Gasteiger partial charge in [-0.1, -0.05) is 13.8 Å². The fraction of sp³-hybridized carbons (Fsp3) is 0.727. The second-order valence-electron chi connectivity index (χ2n) is 3.49. The Bertz CT molecular complexity index is 219. The van der Waals surface area contributed by atoms with Crippen LogP contribution >= 0.6 is 0 Å². The van der Waals surface area contributed by atoms with Crippen molar-refractivity contribution in [3.63, 3.8) is 0 Å². The van der Waals surface area contributed by atoms with Crippen molar-refractivity contribution in [3.8, 4) is 0 Å². The van der Waals surface area contributed by atoms with Crippen LogP contribution in [0, 0.1) is 11.8 Å². The zero-order valence-corrected chi connectivity index (χ0v) is 9.29. The van der Waals surface area contributed by atoms with Crippen LogP contribution in [-0.4, -0.2) is 17.3 Å². The summed E-state index contributed by atoms with van der Waals surface area (Å²) in [5, 5.41) is 0. The molecular formula is C11H18O3. The number of hydrogen-bond donors (Lipinski definition) is 0. The Morgan fingerprint density at radius 2 is 1.14 bits per heavy atom. The lowest BCUT2D eigenvalue weighted by atomic mass is 9.88. The predicted octanol–water partition coefficient (Wildman–Crippen LogP) is 1.79. The Morgan fingerprint density at radius 1 is 0.857 bits per heavy atom. The van der Waals surface area contributed by atoms with Gasteiger partial charge in [0.15, 0.2) is 5.78 Å². The van der Waals surface area contributed by atoms with Crippen LogP contribution in [0.25, 0.3) is 0 Å². The molecule has 0 aliphatic carbocycles. The van der Waals surface area contributed by atoms with Gasteiger partial charge in [-0.25, -0.2) is 0 Å². The molecule has 0 amide bonds. The van der Waals surface area contributed by atoms with Crippen LogP contribution in [0.4, 0.5) is 0 Å². The minimum Gasteiger partial charge on any atom is -0.299 e. The van der Waals surface area contributed by atoms with E-state index in [4.69, 9.17) is 0 Å². The van der Waals surface area contributed by atoms with Crippen LogP contribution in [0.3, 0.4) is 0 Å². The lowest BCUT2D eigenvalue weighted by molar-refractivity contribution is -0.137. The molecule has 3 nitrogen and oxygen atoms in total. The van der Waals surface area contributed by atoms with E-state index in [1.165, 1.54) is 0 Å². The summed E-state index contributed by atoms with van der Waals surface area (Å²) in [7, 11) is 0. The largest absolute Gasteiger partial charge is 0.299 e. The van der Waals surface area contributed by atoms with Crippen molar-refractivity contribution in [1.82, 2.24) is 0 Å². The monoisotopic (exact) mass is 198 g/mol. The molecule has 0 saturated heterocycles. The summed E-state index contributed by atoms with van der Waals surface area (Å²) < 4.78 is 0. The van der Waals surface area contributed by atoms with E-state index in [9.17, 15) is 14.4 Å². The quantitative estimate of drug-likeness (QED) is 0.611. The van der Waals surface area contributed by atoms with E-state index in [-0.39, 0.29) is 17.3 Å². The van der Waals surface area contributed by atoms with Crippen molar-refractivity contribution in [2.24, 2.45) is 11.8 Å². The van der Waals surface area contributed by atoms with Crippen molar-refractivity contribution in [1.29, 1.82) is 0 Å². The standard InChI is InChI=1S/C11H18O3/c1-5-9(12)7(3)11(14)8(4)10(13)6-2/h7-8H,5-6H2,1-4H3. The summed E-state index contributed by atoms with van der Waals surface area (Å²) in [5.74, 6) is -1.70. The topological polar surface area (TPSA) is 51.2 Å². The van der Waals surface area contributed by atoms with E-state index in [0.717, 1.165) is 0 Å². The third-order valence-electron chi connectivity index (χ3n) is 2.52. The van der Waals surface area contributed by atoms with Crippen LogP contribution in [0.5, 0.6) is 0 Å².